The fourth-order valence-corrected chi connectivity index (χ4v) is 1.04. The van der Waals surface area contributed by atoms with Gasteiger partial charge in [0, 0.05) is 6.42 Å². The highest BCUT2D eigenvalue weighted by molar-refractivity contribution is 5.79. The molecule has 3 heteroatoms. The first-order valence-electron chi connectivity index (χ1n) is 4.54. The van der Waals surface area contributed by atoms with Crippen molar-refractivity contribution >= 4 is 5.78 Å². The first kappa shape index (κ1) is 10.7. The van der Waals surface area contributed by atoms with Crippen molar-refractivity contribution in [2.75, 3.05) is 6.61 Å². The molecule has 0 unspecified atom stereocenters. The van der Waals surface area contributed by atoms with E-state index >= 15 is 0 Å². The quantitative estimate of drug-likeness (QED) is 0.739. The van der Waals surface area contributed by atoms with E-state index in [2.05, 4.69) is 0 Å². The minimum Gasteiger partial charge on any atom is -0.486 e. The van der Waals surface area contributed by atoms with E-state index in [1.807, 2.05) is 0 Å². The Morgan fingerprint density at radius 3 is 2.79 bits per heavy atom. The van der Waals surface area contributed by atoms with E-state index in [9.17, 15) is 9.18 Å². The van der Waals surface area contributed by atoms with E-state index < -0.39 is 0 Å². The standard InChI is InChI=1S/C11H13FO2/c1-3-10(13)7-14-11-5-4-9(12)6-8(11)2/h4-6H,3,7H2,1-2H3. The van der Waals surface area contributed by atoms with E-state index in [1.165, 1.54) is 18.2 Å². The van der Waals surface area contributed by atoms with Crippen molar-refractivity contribution in [3.05, 3.63) is 29.6 Å². The molecule has 0 aromatic heterocycles. The van der Waals surface area contributed by atoms with Gasteiger partial charge in [-0.2, -0.15) is 0 Å². The van der Waals surface area contributed by atoms with Crippen LogP contribution in [0.15, 0.2) is 18.2 Å². The molecule has 0 amide bonds. The van der Waals surface area contributed by atoms with Gasteiger partial charge < -0.3 is 4.74 Å². The van der Waals surface area contributed by atoms with Gasteiger partial charge in [0.05, 0.1) is 0 Å². The van der Waals surface area contributed by atoms with Gasteiger partial charge in [0.15, 0.2) is 5.78 Å². The number of carbonyl (C=O) groups excluding carboxylic acids is 1. The molecule has 0 radical (unpaired) electrons. The Morgan fingerprint density at radius 1 is 1.50 bits per heavy atom. The summed E-state index contributed by atoms with van der Waals surface area (Å²) in [5.41, 5.74) is 0.703. The molecule has 0 N–H and O–H groups in total. The summed E-state index contributed by atoms with van der Waals surface area (Å²) in [5, 5.41) is 0. The summed E-state index contributed by atoms with van der Waals surface area (Å²) in [6.07, 6.45) is 0.459. The van der Waals surface area contributed by atoms with E-state index in [1.54, 1.807) is 13.8 Å². The van der Waals surface area contributed by atoms with Crippen LogP contribution in [0, 0.1) is 12.7 Å². The summed E-state index contributed by atoms with van der Waals surface area (Å²) in [7, 11) is 0. The summed E-state index contributed by atoms with van der Waals surface area (Å²) in [6.45, 7) is 3.58. The van der Waals surface area contributed by atoms with Crippen molar-refractivity contribution in [1.82, 2.24) is 0 Å². The highest BCUT2D eigenvalue weighted by atomic mass is 19.1. The maximum absolute atomic E-state index is 12.7. The Balaban J connectivity index is 2.63. The number of hydrogen-bond donors (Lipinski definition) is 0. The van der Waals surface area contributed by atoms with Gasteiger partial charge in [-0.15, -0.1) is 0 Å². The van der Waals surface area contributed by atoms with Crippen LogP contribution in [0.3, 0.4) is 0 Å². The molecule has 0 spiro atoms. The average Bonchev–Trinajstić information content (AvgIpc) is 2.16. The first-order valence-corrected chi connectivity index (χ1v) is 4.54. The Hall–Kier alpha value is -1.38. The molecule has 0 aliphatic heterocycles. The molecule has 0 aliphatic rings. The highest BCUT2D eigenvalue weighted by Crippen LogP contribution is 2.18. The van der Waals surface area contributed by atoms with Crippen LogP contribution in [0.2, 0.25) is 0 Å². The van der Waals surface area contributed by atoms with E-state index in [4.69, 9.17) is 4.74 Å². The molecular weight excluding hydrogens is 183 g/mol. The van der Waals surface area contributed by atoms with E-state index in [-0.39, 0.29) is 18.2 Å². The molecule has 1 aromatic carbocycles. The highest BCUT2D eigenvalue weighted by Gasteiger charge is 2.03. The lowest BCUT2D eigenvalue weighted by Crippen LogP contribution is -2.10. The summed E-state index contributed by atoms with van der Waals surface area (Å²) in [6, 6.07) is 4.23. The number of ketones is 1. The van der Waals surface area contributed by atoms with Gasteiger partial charge in [0.25, 0.3) is 0 Å². The topological polar surface area (TPSA) is 26.3 Å². The van der Waals surface area contributed by atoms with E-state index in [0.717, 1.165) is 0 Å². The van der Waals surface area contributed by atoms with Crippen LogP contribution in [0.5, 0.6) is 5.75 Å². The van der Waals surface area contributed by atoms with Gasteiger partial charge in [-0.1, -0.05) is 6.92 Å². The van der Waals surface area contributed by atoms with Gasteiger partial charge in [0.1, 0.15) is 18.2 Å². The normalized spacial score (nSPS) is 9.93. The minimum atomic E-state index is -0.295. The maximum atomic E-state index is 12.7. The predicted octanol–water partition coefficient (Wildman–Crippen LogP) is 2.49. The van der Waals surface area contributed by atoms with Gasteiger partial charge in [0.2, 0.25) is 0 Å². The largest absolute Gasteiger partial charge is 0.486 e. The monoisotopic (exact) mass is 196 g/mol. The number of Topliss-reactive ketones (excluding diaryl/α,β-unsaturated/α-hetero) is 1. The summed E-state index contributed by atoms with van der Waals surface area (Å²) < 4.78 is 17.9. The molecule has 0 heterocycles. The molecule has 76 valence electrons. The third kappa shape index (κ3) is 2.83. The van der Waals surface area contributed by atoms with Crippen molar-refractivity contribution in [2.24, 2.45) is 0 Å². The van der Waals surface area contributed by atoms with Gasteiger partial charge in [-0.25, -0.2) is 4.39 Å². The molecule has 0 fully saturated rings. The number of carbonyl (C=O) groups is 1. The van der Waals surface area contributed by atoms with Crippen LogP contribution in [0.4, 0.5) is 4.39 Å². The fraction of sp³-hybridized carbons (Fsp3) is 0.364. The lowest BCUT2D eigenvalue weighted by Gasteiger charge is -2.07. The lowest BCUT2D eigenvalue weighted by molar-refractivity contribution is -0.120. The third-order valence-corrected chi connectivity index (χ3v) is 1.92. The zero-order chi connectivity index (χ0) is 10.6. The Labute approximate surface area is 82.7 Å². The number of rotatable bonds is 4. The van der Waals surface area contributed by atoms with Crippen LogP contribution in [-0.4, -0.2) is 12.4 Å². The van der Waals surface area contributed by atoms with Crippen molar-refractivity contribution in [3.63, 3.8) is 0 Å². The zero-order valence-electron chi connectivity index (χ0n) is 8.34. The number of benzene rings is 1. The van der Waals surface area contributed by atoms with Crippen LogP contribution in [-0.2, 0) is 4.79 Å². The first-order chi connectivity index (χ1) is 6.63. The molecule has 2 nitrogen and oxygen atoms in total. The molecule has 0 bridgehead atoms. The minimum absolute atomic E-state index is 0.0359. The predicted molar refractivity (Wildman–Crippen MR) is 51.9 cm³/mol. The maximum Gasteiger partial charge on any atom is 0.169 e. The molecule has 0 saturated carbocycles. The summed E-state index contributed by atoms with van der Waals surface area (Å²) >= 11 is 0. The number of aryl methyl sites for hydroxylation is 1. The molecule has 0 saturated heterocycles. The number of ether oxygens (including phenoxy) is 1. The van der Waals surface area contributed by atoms with Gasteiger partial charge >= 0.3 is 0 Å². The fourth-order valence-electron chi connectivity index (χ4n) is 1.04. The molecule has 1 aromatic rings. The van der Waals surface area contributed by atoms with Gasteiger partial charge in [-0.05, 0) is 30.7 Å². The Kier molecular flexibility index (Phi) is 3.63. The van der Waals surface area contributed by atoms with Crippen molar-refractivity contribution < 1.29 is 13.9 Å². The molecular formula is C11H13FO2. The second-order valence-corrected chi connectivity index (χ2v) is 3.09. The zero-order valence-corrected chi connectivity index (χ0v) is 8.34. The Bertz CT molecular complexity index is 334. The SMILES string of the molecule is CCC(=O)COc1ccc(F)cc1C. The van der Waals surface area contributed by atoms with Crippen LogP contribution in [0.1, 0.15) is 18.9 Å². The molecule has 14 heavy (non-hydrogen) atoms. The number of hydrogen-bond acceptors (Lipinski definition) is 2. The van der Waals surface area contributed by atoms with E-state index in [0.29, 0.717) is 17.7 Å². The molecule has 0 aliphatic carbocycles. The lowest BCUT2D eigenvalue weighted by atomic mass is 10.2. The van der Waals surface area contributed by atoms with Crippen LogP contribution in [0.25, 0.3) is 0 Å². The third-order valence-electron chi connectivity index (χ3n) is 1.92. The molecule has 0 atom stereocenters. The smallest absolute Gasteiger partial charge is 0.169 e. The summed E-state index contributed by atoms with van der Waals surface area (Å²) in [4.78, 5) is 11.0. The second-order valence-electron chi connectivity index (χ2n) is 3.09. The Morgan fingerprint density at radius 2 is 2.21 bits per heavy atom. The number of halogens is 1. The van der Waals surface area contributed by atoms with Crippen molar-refractivity contribution in [3.8, 4) is 5.75 Å². The second kappa shape index (κ2) is 4.74. The van der Waals surface area contributed by atoms with Crippen molar-refractivity contribution in [1.29, 1.82) is 0 Å². The van der Waals surface area contributed by atoms with Crippen LogP contribution >= 0.6 is 0 Å². The van der Waals surface area contributed by atoms with Crippen LogP contribution < -0.4 is 4.74 Å². The summed E-state index contributed by atoms with van der Waals surface area (Å²) in [5.74, 6) is 0.304. The van der Waals surface area contributed by atoms with Crippen molar-refractivity contribution in [2.45, 2.75) is 20.3 Å². The average molecular weight is 196 g/mol. The molecule has 1 rings (SSSR count). The van der Waals surface area contributed by atoms with Gasteiger partial charge in [-0.3, -0.25) is 4.79 Å².